The maximum atomic E-state index is 2.33. The highest BCUT2D eigenvalue weighted by Gasteiger charge is 2.23. The van der Waals surface area contributed by atoms with Gasteiger partial charge >= 0.3 is 0 Å². The Morgan fingerprint density at radius 1 is 0.893 bits per heavy atom. The normalized spacial score (nSPS) is 11.5. The smallest absolute Gasteiger partial charge is 0.164 e. The number of pyridine rings is 1. The van der Waals surface area contributed by atoms with E-state index in [0.29, 0.717) is 6.04 Å². The summed E-state index contributed by atoms with van der Waals surface area (Å²) < 4.78 is 6.85. The van der Waals surface area contributed by atoms with Crippen LogP contribution in [0.1, 0.15) is 36.7 Å². The van der Waals surface area contributed by atoms with E-state index in [4.69, 9.17) is 0 Å². The van der Waals surface area contributed by atoms with Gasteiger partial charge in [-0.2, -0.15) is 9.25 Å². The number of rotatable bonds is 3. The van der Waals surface area contributed by atoms with Crippen molar-refractivity contribution in [2.45, 2.75) is 40.7 Å². The minimum absolute atomic E-state index is 0.431. The van der Waals surface area contributed by atoms with Crippen molar-refractivity contribution in [1.82, 2.24) is 4.68 Å². The van der Waals surface area contributed by atoms with Gasteiger partial charge in [-0.25, -0.2) is 0 Å². The molecule has 0 radical (unpaired) electrons. The van der Waals surface area contributed by atoms with E-state index in [1.54, 1.807) is 0 Å². The Morgan fingerprint density at radius 2 is 1.61 bits per heavy atom. The van der Waals surface area contributed by atoms with E-state index < -0.39 is 0 Å². The van der Waals surface area contributed by atoms with Crippen LogP contribution in [-0.2, 0) is 7.05 Å². The summed E-state index contributed by atoms with van der Waals surface area (Å²) in [6.07, 6.45) is 4.44. The fraction of sp³-hybridized carbons (Fsp3) is 0.280. The third-order valence-corrected chi connectivity index (χ3v) is 5.68. The van der Waals surface area contributed by atoms with Crippen LogP contribution in [0.4, 0.5) is 0 Å². The first-order valence-electron chi connectivity index (χ1n) is 9.97. The Kier molecular flexibility index (Phi) is 4.54. The molecular formula is C25H29N3+2. The number of aryl methyl sites for hydroxylation is 2. The SMILES string of the molecule is Cc1cc(-c2cc[n+](C(C)C)n2C)c(C)c(-[n+]2cc3ccccc3cc2C)c1. The van der Waals surface area contributed by atoms with Crippen molar-refractivity contribution in [2.75, 3.05) is 0 Å². The molecule has 2 heterocycles. The average molecular weight is 372 g/mol. The maximum Gasteiger partial charge on any atom is 0.214 e. The first-order chi connectivity index (χ1) is 13.4. The van der Waals surface area contributed by atoms with Crippen LogP contribution in [0.15, 0.2) is 60.9 Å². The predicted molar refractivity (Wildman–Crippen MR) is 115 cm³/mol. The summed E-state index contributed by atoms with van der Waals surface area (Å²) in [5, 5.41) is 2.54. The van der Waals surface area contributed by atoms with Gasteiger partial charge < -0.3 is 0 Å². The first kappa shape index (κ1) is 18.4. The number of aromatic nitrogens is 3. The Balaban J connectivity index is 1.95. The van der Waals surface area contributed by atoms with Gasteiger partial charge in [-0.15, -0.1) is 4.68 Å². The molecule has 0 bridgehead atoms. The van der Waals surface area contributed by atoms with Crippen LogP contribution in [0.25, 0.3) is 27.7 Å². The van der Waals surface area contributed by atoms with Crippen molar-refractivity contribution < 1.29 is 9.25 Å². The number of nitrogens with zero attached hydrogens (tertiary/aromatic N) is 3. The zero-order valence-electron chi connectivity index (χ0n) is 17.7. The largest absolute Gasteiger partial charge is 0.214 e. The molecule has 2 aromatic carbocycles. The number of benzene rings is 2. The monoisotopic (exact) mass is 371 g/mol. The second-order valence-corrected chi connectivity index (χ2v) is 8.07. The van der Waals surface area contributed by atoms with Crippen LogP contribution >= 0.6 is 0 Å². The van der Waals surface area contributed by atoms with E-state index in [2.05, 4.69) is 117 Å². The molecule has 0 aliphatic rings. The van der Waals surface area contributed by atoms with Gasteiger partial charge in [0.1, 0.15) is 5.69 Å². The quantitative estimate of drug-likeness (QED) is 0.454. The maximum absolute atomic E-state index is 2.33. The van der Waals surface area contributed by atoms with Crippen LogP contribution in [0.2, 0.25) is 0 Å². The van der Waals surface area contributed by atoms with Crippen LogP contribution in [-0.4, -0.2) is 4.68 Å². The second-order valence-electron chi connectivity index (χ2n) is 8.07. The summed E-state index contributed by atoms with van der Waals surface area (Å²) >= 11 is 0. The lowest BCUT2D eigenvalue weighted by atomic mass is 9.99. The van der Waals surface area contributed by atoms with Gasteiger partial charge in [0.15, 0.2) is 24.1 Å². The summed E-state index contributed by atoms with van der Waals surface area (Å²) in [7, 11) is 2.14. The molecule has 142 valence electrons. The Bertz CT molecular complexity index is 1180. The van der Waals surface area contributed by atoms with E-state index in [1.165, 1.54) is 44.5 Å². The van der Waals surface area contributed by atoms with Crippen molar-refractivity contribution in [3.8, 4) is 16.9 Å². The highest BCUT2D eigenvalue weighted by molar-refractivity contribution is 5.81. The van der Waals surface area contributed by atoms with E-state index in [9.17, 15) is 0 Å². The van der Waals surface area contributed by atoms with Crippen LogP contribution in [0.3, 0.4) is 0 Å². The third kappa shape index (κ3) is 3.01. The first-order valence-corrected chi connectivity index (χ1v) is 9.97. The minimum atomic E-state index is 0.431. The molecular weight excluding hydrogens is 342 g/mol. The number of hydrogen-bond acceptors (Lipinski definition) is 0. The van der Waals surface area contributed by atoms with Crippen molar-refractivity contribution in [2.24, 2.45) is 7.05 Å². The lowest BCUT2D eigenvalue weighted by Crippen LogP contribution is -2.43. The minimum Gasteiger partial charge on any atom is -0.164 e. The fourth-order valence-electron chi connectivity index (χ4n) is 4.17. The van der Waals surface area contributed by atoms with E-state index in [0.717, 1.165) is 0 Å². The second kappa shape index (κ2) is 6.90. The molecule has 0 spiro atoms. The van der Waals surface area contributed by atoms with Crippen molar-refractivity contribution in [3.05, 3.63) is 77.7 Å². The summed E-state index contributed by atoms with van der Waals surface area (Å²) in [6, 6.07) is 18.1. The molecule has 0 saturated heterocycles. The standard InChI is InChI=1S/C25H29N3/c1-17(2)28-12-11-24(26(28)6)23-13-18(3)14-25(20(23)5)27-16-22-10-8-7-9-21(22)15-19(27)4/h7-17H,1-6H3/q+2. The van der Waals surface area contributed by atoms with Gasteiger partial charge in [0.05, 0.1) is 7.05 Å². The molecule has 3 heteroatoms. The number of hydrogen-bond donors (Lipinski definition) is 0. The Labute approximate surface area is 167 Å². The molecule has 3 nitrogen and oxygen atoms in total. The van der Waals surface area contributed by atoms with Gasteiger partial charge in [0, 0.05) is 41.6 Å². The van der Waals surface area contributed by atoms with Gasteiger partial charge in [0.2, 0.25) is 5.69 Å². The summed E-state index contributed by atoms with van der Waals surface area (Å²) in [6.45, 7) is 11.0. The molecule has 4 aromatic rings. The van der Waals surface area contributed by atoms with E-state index >= 15 is 0 Å². The molecule has 0 fully saturated rings. The van der Waals surface area contributed by atoms with Gasteiger partial charge in [-0.3, -0.25) is 0 Å². The lowest BCUT2D eigenvalue weighted by molar-refractivity contribution is -0.789. The average Bonchev–Trinajstić information content (AvgIpc) is 3.04. The highest BCUT2D eigenvalue weighted by Crippen LogP contribution is 2.28. The molecule has 0 aliphatic carbocycles. The Morgan fingerprint density at radius 3 is 2.29 bits per heavy atom. The summed E-state index contributed by atoms with van der Waals surface area (Å²) in [4.78, 5) is 0. The summed E-state index contributed by atoms with van der Waals surface area (Å²) in [5.74, 6) is 0. The van der Waals surface area contributed by atoms with Crippen molar-refractivity contribution in [3.63, 3.8) is 0 Å². The molecule has 0 aliphatic heterocycles. The predicted octanol–water partition coefficient (Wildman–Crippen LogP) is 4.92. The molecule has 4 rings (SSSR count). The number of fused-ring (bicyclic) bond motifs is 1. The zero-order chi connectivity index (χ0) is 20.0. The molecule has 0 N–H and O–H groups in total. The summed E-state index contributed by atoms with van der Waals surface area (Å²) in [5.41, 5.74) is 7.59. The Hall–Kier alpha value is -2.94. The van der Waals surface area contributed by atoms with Crippen LogP contribution in [0.5, 0.6) is 0 Å². The zero-order valence-corrected chi connectivity index (χ0v) is 17.7. The van der Waals surface area contributed by atoms with Crippen molar-refractivity contribution >= 4 is 10.8 Å². The highest BCUT2D eigenvalue weighted by atomic mass is 15.4. The molecule has 28 heavy (non-hydrogen) atoms. The molecule has 0 saturated carbocycles. The van der Waals surface area contributed by atoms with Gasteiger partial charge in [0.25, 0.3) is 0 Å². The van der Waals surface area contributed by atoms with Gasteiger partial charge in [-0.05, 0) is 50.8 Å². The fourth-order valence-corrected chi connectivity index (χ4v) is 4.17. The van der Waals surface area contributed by atoms with Crippen LogP contribution < -0.4 is 9.25 Å². The van der Waals surface area contributed by atoms with E-state index in [-0.39, 0.29) is 0 Å². The van der Waals surface area contributed by atoms with Crippen LogP contribution in [0, 0.1) is 20.8 Å². The van der Waals surface area contributed by atoms with Gasteiger partial charge in [-0.1, -0.05) is 18.2 Å². The molecule has 0 unspecified atom stereocenters. The third-order valence-electron chi connectivity index (χ3n) is 5.68. The molecule has 0 amide bonds. The topological polar surface area (TPSA) is 12.7 Å². The van der Waals surface area contributed by atoms with E-state index in [1.807, 2.05) is 0 Å². The van der Waals surface area contributed by atoms with Crippen molar-refractivity contribution in [1.29, 1.82) is 0 Å². The molecule has 0 atom stereocenters. The lowest BCUT2D eigenvalue weighted by Gasteiger charge is -2.11. The molecule has 2 aromatic heterocycles.